The van der Waals surface area contributed by atoms with Gasteiger partial charge in [-0.3, -0.25) is 14.5 Å². The fourth-order valence-electron chi connectivity index (χ4n) is 3.90. The highest BCUT2D eigenvalue weighted by atomic mass is 16.3. The number of hydrogen-bond acceptors (Lipinski definition) is 5. The Morgan fingerprint density at radius 2 is 1.90 bits per heavy atom. The van der Waals surface area contributed by atoms with Crippen LogP contribution in [-0.2, 0) is 11.8 Å². The molecule has 2 amide bonds. The van der Waals surface area contributed by atoms with Crippen LogP contribution in [0.25, 0.3) is 11.0 Å². The Hall–Kier alpha value is -2.45. The van der Waals surface area contributed by atoms with Crippen LogP contribution in [0, 0.1) is 6.92 Å². The predicted octanol–water partition coefficient (Wildman–Crippen LogP) is 1.35. The zero-order chi connectivity index (χ0) is 21.7. The molecule has 0 saturated carbocycles. The number of amides is 2. The van der Waals surface area contributed by atoms with E-state index < -0.39 is 6.04 Å². The fraction of sp³-hybridized carbons (Fsp3) is 0.591. The molecule has 164 valence electrons. The lowest BCUT2D eigenvalue weighted by atomic mass is 10.1. The van der Waals surface area contributed by atoms with E-state index in [1.165, 1.54) is 12.8 Å². The molecular formula is C22H33N5O3. The third kappa shape index (κ3) is 5.17. The second-order valence-corrected chi connectivity index (χ2v) is 8.15. The van der Waals surface area contributed by atoms with E-state index in [1.807, 2.05) is 31.5 Å². The van der Waals surface area contributed by atoms with Crippen LogP contribution in [-0.4, -0.2) is 69.7 Å². The molecule has 0 aliphatic carbocycles. The molecule has 1 fully saturated rings. The SMILES string of the molecule is Cc1nc2ccc(C(=O)NCC(CO)NC(=O)C(C)N3CCCCCC3)cc2n1C. The van der Waals surface area contributed by atoms with Crippen molar-refractivity contribution < 1.29 is 14.7 Å². The molecule has 3 N–H and O–H groups in total. The summed E-state index contributed by atoms with van der Waals surface area (Å²) < 4.78 is 1.94. The smallest absolute Gasteiger partial charge is 0.251 e. The van der Waals surface area contributed by atoms with E-state index in [2.05, 4.69) is 20.5 Å². The van der Waals surface area contributed by atoms with Crippen molar-refractivity contribution in [3.63, 3.8) is 0 Å². The van der Waals surface area contributed by atoms with Crippen LogP contribution >= 0.6 is 0 Å². The first-order chi connectivity index (χ1) is 14.4. The summed E-state index contributed by atoms with van der Waals surface area (Å²) in [6.45, 7) is 5.59. The molecule has 2 heterocycles. The van der Waals surface area contributed by atoms with Gasteiger partial charge in [0.15, 0.2) is 0 Å². The molecule has 0 spiro atoms. The Kier molecular flexibility index (Phi) is 7.44. The predicted molar refractivity (Wildman–Crippen MR) is 116 cm³/mol. The van der Waals surface area contributed by atoms with Crippen molar-refractivity contribution >= 4 is 22.8 Å². The Morgan fingerprint density at radius 1 is 1.20 bits per heavy atom. The van der Waals surface area contributed by atoms with Gasteiger partial charge in [0.2, 0.25) is 5.91 Å². The van der Waals surface area contributed by atoms with E-state index in [4.69, 9.17) is 0 Å². The third-order valence-corrected chi connectivity index (χ3v) is 6.01. The molecule has 1 aliphatic heterocycles. The van der Waals surface area contributed by atoms with Crippen molar-refractivity contribution in [3.05, 3.63) is 29.6 Å². The Balaban J connectivity index is 1.56. The molecule has 1 aromatic heterocycles. The maximum absolute atomic E-state index is 12.6. The number of rotatable bonds is 7. The standard InChI is InChI=1S/C22H33N5O3/c1-15(27-10-6-4-5-7-11-27)21(29)25-18(14-28)13-23-22(30)17-8-9-19-20(12-17)26(3)16(2)24-19/h8-9,12,15,18,28H,4-7,10-11,13-14H2,1-3H3,(H,23,30)(H,25,29). The fourth-order valence-corrected chi connectivity index (χ4v) is 3.90. The number of carbonyl (C=O) groups is 2. The second-order valence-electron chi connectivity index (χ2n) is 8.15. The van der Waals surface area contributed by atoms with Crippen molar-refractivity contribution in [2.75, 3.05) is 26.2 Å². The lowest BCUT2D eigenvalue weighted by molar-refractivity contribution is -0.126. The maximum Gasteiger partial charge on any atom is 0.251 e. The maximum atomic E-state index is 12.6. The summed E-state index contributed by atoms with van der Waals surface area (Å²) in [4.78, 5) is 31.9. The van der Waals surface area contributed by atoms with E-state index in [0.29, 0.717) is 5.56 Å². The van der Waals surface area contributed by atoms with Crippen LogP contribution in [0.1, 0.15) is 48.8 Å². The number of aliphatic hydroxyl groups is 1. The van der Waals surface area contributed by atoms with Crippen molar-refractivity contribution in [3.8, 4) is 0 Å². The van der Waals surface area contributed by atoms with E-state index in [9.17, 15) is 14.7 Å². The van der Waals surface area contributed by atoms with E-state index in [1.54, 1.807) is 12.1 Å². The van der Waals surface area contributed by atoms with Crippen LogP contribution in [0.4, 0.5) is 0 Å². The summed E-state index contributed by atoms with van der Waals surface area (Å²) >= 11 is 0. The summed E-state index contributed by atoms with van der Waals surface area (Å²) in [6.07, 6.45) is 4.63. The molecule has 30 heavy (non-hydrogen) atoms. The third-order valence-electron chi connectivity index (χ3n) is 6.01. The second kappa shape index (κ2) is 10.0. The minimum Gasteiger partial charge on any atom is -0.394 e. The average Bonchev–Trinajstić information content (AvgIpc) is 2.93. The summed E-state index contributed by atoms with van der Waals surface area (Å²) in [6, 6.07) is 4.59. The zero-order valence-corrected chi connectivity index (χ0v) is 18.1. The van der Waals surface area contributed by atoms with Gasteiger partial charge in [0.25, 0.3) is 5.91 Å². The van der Waals surface area contributed by atoms with E-state index in [-0.39, 0.29) is 31.0 Å². The lowest BCUT2D eigenvalue weighted by Gasteiger charge is -2.28. The van der Waals surface area contributed by atoms with Crippen LogP contribution in [0.15, 0.2) is 18.2 Å². The molecule has 1 saturated heterocycles. The highest BCUT2D eigenvalue weighted by Crippen LogP contribution is 2.16. The van der Waals surface area contributed by atoms with Gasteiger partial charge in [0, 0.05) is 19.2 Å². The molecular weight excluding hydrogens is 382 g/mol. The van der Waals surface area contributed by atoms with Crippen molar-refractivity contribution in [2.45, 2.75) is 51.6 Å². The van der Waals surface area contributed by atoms with Gasteiger partial charge in [-0.25, -0.2) is 4.98 Å². The molecule has 2 unspecified atom stereocenters. The van der Waals surface area contributed by atoms with E-state index >= 15 is 0 Å². The summed E-state index contributed by atoms with van der Waals surface area (Å²) in [5, 5.41) is 15.4. The van der Waals surface area contributed by atoms with Crippen molar-refractivity contribution in [1.82, 2.24) is 25.1 Å². The van der Waals surface area contributed by atoms with Gasteiger partial charge >= 0.3 is 0 Å². The minimum atomic E-state index is -0.529. The summed E-state index contributed by atoms with van der Waals surface area (Å²) in [7, 11) is 1.91. The van der Waals surface area contributed by atoms with Crippen LogP contribution in [0.5, 0.6) is 0 Å². The molecule has 8 heteroatoms. The normalized spacial score (nSPS) is 17.3. The minimum absolute atomic E-state index is 0.114. The molecule has 0 bridgehead atoms. The molecule has 0 radical (unpaired) electrons. The molecule has 8 nitrogen and oxygen atoms in total. The Morgan fingerprint density at radius 3 is 2.57 bits per heavy atom. The molecule has 3 rings (SSSR count). The zero-order valence-electron chi connectivity index (χ0n) is 18.1. The van der Waals surface area contributed by atoms with Gasteiger partial charge in [-0.1, -0.05) is 12.8 Å². The summed E-state index contributed by atoms with van der Waals surface area (Å²) in [5.74, 6) is 0.519. The number of nitrogens with zero attached hydrogens (tertiary/aromatic N) is 3. The largest absolute Gasteiger partial charge is 0.394 e. The number of aromatic nitrogens is 2. The number of carbonyl (C=O) groups excluding carboxylic acids is 2. The van der Waals surface area contributed by atoms with Gasteiger partial charge < -0.3 is 20.3 Å². The van der Waals surface area contributed by atoms with Crippen molar-refractivity contribution in [2.24, 2.45) is 7.05 Å². The van der Waals surface area contributed by atoms with Gasteiger partial charge in [-0.2, -0.15) is 0 Å². The Bertz CT molecular complexity index is 886. The number of likely N-dealkylation sites (tertiary alicyclic amines) is 1. The van der Waals surface area contributed by atoms with Crippen LogP contribution < -0.4 is 10.6 Å². The molecule has 2 aromatic rings. The van der Waals surface area contributed by atoms with Crippen molar-refractivity contribution in [1.29, 1.82) is 0 Å². The lowest BCUT2D eigenvalue weighted by Crippen LogP contribution is -2.52. The molecule has 1 aliphatic rings. The topological polar surface area (TPSA) is 99.5 Å². The first kappa shape index (κ1) is 22.2. The van der Waals surface area contributed by atoms with E-state index in [0.717, 1.165) is 42.8 Å². The highest BCUT2D eigenvalue weighted by Gasteiger charge is 2.24. The average molecular weight is 416 g/mol. The van der Waals surface area contributed by atoms with Gasteiger partial charge in [-0.15, -0.1) is 0 Å². The number of hydrogen-bond donors (Lipinski definition) is 3. The first-order valence-corrected chi connectivity index (χ1v) is 10.8. The number of aliphatic hydroxyl groups excluding tert-OH is 1. The first-order valence-electron chi connectivity index (χ1n) is 10.8. The quantitative estimate of drug-likeness (QED) is 0.634. The number of benzene rings is 1. The summed E-state index contributed by atoms with van der Waals surface area (Å²) in [5.41, 5.74) is 2.25. The van der Waals surface area contributed by atoms with Crippen LogP contribution in [0.3, 0.4) is 0 Å². The molecule has 1 aromatic carbocycles. The number of aryl methyl sites for hydroxylation is 2. The highest BCUT2D eigenvalue weighted by molar-refractivity contribution is 5.97. The van der Waals surface area contributed by atoms with Crippen LogP contribution in [0.2, 0.25) is 0 Å². The number of nitrogens with one attached hydrogen (secondary N) is 2. The number of fused-ring (bicyclic) bond motifs is 1. The van der Waals surface area contributed by atoms with Gasteiger partial charge in [-0.05, 0) is 58.0 Å². The molecule has 2 atom stereocenters. The Labute approximate surface area is 177 Å². The van der Waals surface area contributed by atoms with Gasteiger partial charge in [0.1, 0.15) is 5.82 Å². The number of imidazole rings is 1. The van der Waals surface area contributed by atoms with Gasteiger partial charge in [0.05, 0.1) is 29.7 Å². The monoisotopic (exact) mass is 415 g/mol.